The summed E-state index contributed by atoms with van der Waals surface area (Å²) in [4.78, 5) is 25.5. The summed E-state index contributed by atoms with van der Waals surface area (Å²) in [6.45, 7) is 2.64. The van der Waals surface area contributed by atoms with Crippen molar-refractivity contribution in [3.05, 3.63) is 35.9 Å². The maximum atomic E-state index is 12.1. The first kappa shape index (κ1) is 15.7. The molecule has 2 amide bonds. The zero-order valence-corrected chi connectivity index (χ0v) is 12.9. The molecule has 1 aliphatic heterocycles. The third kappa shape index (κ3) is 4.42. The van der Waals surface area contributed by atoms with E-state index in [9.17, 15) is 9.59 Å². The van der Waals surface area contributed by atoms with Crippen molar-refractivity contribution in [2.45, 2.75) is 51.9 Å². The topological polar surface area (TPSA) is 37.4 Å². The summed E-state index contributed by atoms with van der Waals surface area (Å²) in [5.74, 6) is 0.148. The van der Waals surface area contributed by atoms with Crippen LogP contribution in [0.2, 0.25) is 0 Å². The number of likely N-dealkylation sites (tertiary alicyclic amines) is 1. The summed E-state index contributed by atoms with van der Waals surface area (Å²) >= 11 is 0. The predicted molar refractivity (Wildman–Crippen MR) is 83.7 cm³/mol. The Bertz CT molecular complexity index is 469. The average molecular weight is 287 g/mol. The van der Waals surface area contributed by atoms with Gasteiger partial charge in [-0.3, -0.25) is 14.5 Å². The Morgan fingerprint density at radius 2 is 1.95 bits per heavy atom. The number of benzene rings is 1. The highest BCUT2D eigenvalue weighted by atomic mass is 16.2. The van der Waals surface area contributed by atoms with Gasteiger partial charge in [-0.05, 0) is 37.7 Å². The maximum Gasteiger partial charge on any atom is 0.232 e. The van der Waals surface area contributed by atoms with Crippen molar-refractivity contribution in [1.29, 1.82) is 0 Å². The van der Waals surface area contributed by atoms with Gasteiger partial charge in [-0.15, -0.1) is 0 Å². The molecular formula is C18H25NO2. The van der Waals surface area contributed by atoms with Crippen LogP contribution in [-0.2, 0) is 16.0 Å². The summed E-state index contributed by atoms with van der Waals surface area (Å²) in [6.07, 6.45) is 6.29. The molecule has 1 aliphatic rings. The first-order valence-electron chi connectivity index (χ1n) is 8.10. The van der Waals surface area contributed by atoms with Crippen LogP contribution >= 0.6 is 0 Å². The predicted octanol–water partition coefficient (Wildman–Crippen LogP) is 3.57. The highest BCUT2D eigenvalue weighted by molar-refractivity contribution is 5.97. The van der Waals surface area contributed by atoms with E-state index in [2.05, 4.69) is 24.3 Å². The van der Waals surface area contributed by atoms with Gasteiger partial charge in [0.2, 0.25) is 11.8 Å². The van der Waals surface area contributed by atoms with E-state index in [0.29, 0.717) is 13.0 Å². The number of hydrogen-bond acceptors (Lipinski definition) is 2. The van der Waals surface area contributed by atoms with Gasteiger partial charge >= 0.3 is 0 Å². The first-order valence-corrected chi connectivity index (χ1v) is 8.10. The van der Waals surface area contributed by atoms with Crippen molar-refractivity contribution in [3.8, 4) is 0 Å². The van der Waals surface area contributed by atoms with E-state index in [1.807, 2.05) is 13.0 Å². The van der Waals surface area contributed by atoms with E-state index in [4.69, 9.17) is 0 Å². The lowest BCUT2D eigenvalue weighted by atomic mass is 10.1. The van der Waals surface area contributed by atoms with E-state index < -0.39 is 0 Å². The van der Waals surface area contributed by atoms with E-state index in [1.165, 1.54) is 10.5 Å². The number of carbonyl (C=O) groups is 2. The zero-order chi connectivity index (χ0) is 15.1. The summed E-state index contributed by atoms with van der Waals surface area (Å²) in [5.41, 5.74) is 1.35. The number of imide groups is 1. The third-order valence-corrected chi connectivity index (χ3v) is 4.31. The van der Waals surface area contributed by atoms with Crippen LogP contribution in [-0.4, -0.2) is 23.3 Å². The Labute approximate surface area is 127 Å². The van der Waals surface area contributed by atoms with Crippen molar-refractivity contribution in [2.75, 3.05) is 6.54 Å². The molecule has 114 valence electrons. The lowest BCUT2D eigenvalue weighted by molar-refractivity contribution is -0.143. The third-order valence-electron chi connectivity index (χ3n) is 4.31. The second kappa shape index (κ2) is 7.96. The molecule has 1 unspecified atom stereocenters. The molecule has 0 saturated carbocycles. The minimum Gasteiger partial charge on any atom is -0.282 e. The summed E-state index contributed by atoms with van der Waals surface area (Å²) < 4.78 is 0. The van der Waals surface area contributed by atoms with Crippen molar-refractivity contribution in [2.24, 2.45) is 5.92 Å². The lowest BCUT2D eigenvalue weighted by Gasteiger charge is -2.14. The fourth-order valence-corrected chi connectivity index (χ4v) is 2.93. The first-order chi connectivity index (χ1) is 10.2. The van der Waals surface area contributed by atoms with E-state index in [-0.39, 0.29) is 17.7 Å². The van der Waals surface area contributed by atoms with Crippen LogP contribution in [0.1, 0.15) is 51.0 Å². The molecule has 1 saturated heterocycles. The second-order valence-electron chi connectivity index (χ2n) is 5.82. The number of nitrogens with zero attached hydrogens (tertiary/aromatic N) is 1. The minimum atomic E-state index is 0.0238. The number of rotatable bonds is 7. The number of carbonyl (C=O) groups excluding carboxylic acids is 2. The Kier molecular flexibility index (Phi) is 5.97. The van der Waals surface area contributed by atoms with Crippen LogP contribution in [0.25, 0.3) is 0 Å². The van der Waals surface area contributed by atoms with Crippen LogP contribution in [0.3, 0.4) is 0 Å². The number of hydrogen-bond donors (Lipinski definition) is 0. The summed E-state index contributed by atoms with van der Waals surface area (Å²) in [5, 5.41) is 0. The Morgan fingerprint density at radius 1 is 1.19 bits per heavy atom. The molecule has 1 heterocycles. The molecule has 3 heteroatoms. The average Bonchev–Trinajstić information content (AvgIpc) is 2.88. The Hall–Kier alpha value is -1.64. The molecule has 0 aromatic heterocycles. The molecule has 1 aromatic carbocycles. The lowest BCUT2D eigenvalue weighted by Crippen LogP contribution is -2.33. The van der Waals surface area contributed by atoms with Crippen molar-refractivity contribution < 1.29 is 9.59 Å². The molecule has 21 heavy (non-hydrogen) atoms. The minimum absolute atomic E-state index is 0.0238. The molecule has 1 aromatic rings. The normalized spacial score (nSPS) is 18.2. The molecule has 1 fully saturated rings. The Morgan fingerprint density at radius 3 is 2.62 bits per heavy atom. The Balaban J connectivity index is 1.63. The quantitative estimate of drug-likeness (QED) is 0.719. The van der Waals surface area contributed by atoms with E-state index in [1.54, 1.807) is 0 Å². The molecule has 0 aliphatic carbocycles. The highest BCUT2D eigenvalue weighted by Gasteiger charge is 2.33. The van der Waals surface area contributed by atoms with Gasteiger partial charge in [-0.1, -0.05) is 43.7 Å². The SMILES string of the molecule is CCC1CCN(C(=O)CCCCCc2ccccc2)C1=O. The van der Waals surface area contributed by atoms with Gasteiger partial charge in [0, 0.05) is 18.9 Å². The van der Waals surface area contributed by atoms with Crippen LogP contribution in [0.4, 0.5) is 0 Å². The molecule has 0 spiro atoms. The molecular weight excluding hydrogens is 262 g/mol. The largest absolute Gasteiger partial charge is 0.282 e. The van der Waals surface area contributed by atoms with Gasteiger partial charge in [0.25, 0.3) is 0 Å². The van der Waals surface area contributed by atoms with E-state index in [0.717, 1.165) is 38.5 Å². The summed E-state index contributed by atoms with van der Waals surface area (Å²) in [6, 6.07) is 10.4. The molecule has 3 nitrogen and oxygen atoms in total. The van der Waals surface area contributed by atoms with Gasteiger partial charge in [0.15, 0.2) is 0 Å². The zero-order valence-electron chi connectivity index (χ0n) is 12.9. The van der Waals surface area contributed by atoms with Crippen LogP contribution in [0, 0.1) is 5.92 Å². The van der Waals surface area contributed by atoms with Crippen LogP contribution < -0.4 is 0 Å². The molecule has 0 bridgehead atoms. The van der Waals surface area contributed by atoms with Gasteiger partial charge in [0.05, 0.1) is 0 Å². The number of amides is 2. The number of unbranched alkanes of at least 4 members (excludes halogenated alkanes) is 2. The fraction of sp³-hybridized carbons (Fsp3) is 0.556. The van der Waals surface area contributed by atoms with E-state index >= 15 is 0 Å². The monoisotopic (exact) mass is 287 g/mol. The molecule has 0 N–H and O–H groups in total. The fourth-order valence-electron chi connectivity index (χ4n) is 2.93. The highest BCUT2D eigenvalue weighted by Crippen LogP contribution is 2.22. The second-order valence-corrected chi connectivity index (χ2v) is 5.82. The number of aryl methyl sites for hydroxylation is 1. The molecule has 1 atom stereocenters. The van der Waals surface area contributed by atoms with Gasteiger partial charge in [-0.25, -0.2) is 0 Å². The standard InChI is InChI=1S/C18H25NO2/c1-2-16-13-14-19(18(16)21)17(20)12-8-4-7-11-15-9-5-3-6-10-15/h3,5-6,9-10,16H,2,4,7-8,11-14H2,1H3. The van der Waals surface area contributed by atoms with Crippen molar-refractivity contribution >= 4 is 11.8 Å². The van der Waals surface area contributed by atoms with Gasteiger partial charge in [0.1, 0.15) is 0 Å². The maximum absolute atomic E-state index is 12.1. The van der Waals surface area contributed by atoms with Gasteiger partial charge in [-0.2, -0.15) is 0 Å². The van der Waals surface area contributed by atoms with Crippen LogP contribution in [0.5, 0.6) is 0 Å². The summed E-state index contributed by atoms with van der Waals surface area (Å²) in [7, 11) is 0. The molecule has 0 radical (unpaired) electrons. The van der Waals surface area contributed by atoms with Crippen molar-refractivity contribution in [3.63, 3.8) is 0 Å². The molecule has 2 rings (SSSR count). The van der Waals surface area contributed by atoms with Crippen molar-refractivity contribution in [1.82, 2.24) is 4.90 Å². The smallest absolute Gasteiger partial charge is 0.232 e. The van der Waals surface area contributed by atoms with Gasteiger partial charge < -0.3 is 0 Å². The van der Waals surface area contributed by atoms with Crippen LogP contribution in [0.15, 0.2) is 30.3 Å².